The summed E-state index contributed by atoms with van der Waals surface area (Å²) in [4.78, 5) is 10.2. The van der Waals surface area contributed by atoms with Gasteiger partial charge in [0.15, 0.2) is 0 Å². The van der Waals surface area contributed by atoms with Crippen LogP contribution in [0.3, 0.4) is 0 Å². The lowest BCUT2D eigenvalue weighted by Crippen LogP contribution is -2.47. The van der Waals surface area contributed by atoms with Crippen molar-refractivity contribution in [3.8, 4) is 0 Å². The molecule has 0 aromatic heterocycles. The van der Waals surface area contributed by atoms with Crippen LogP contribution in [-0.4, -0.2) is 30.6 Å². The molecule has 0 N–H and O–H groups in total. The molecular weight excluding hydrogens is 235 g/mol. The molecule has 1 aliphatic heterocycles. The molecule has 0 aromatic rings. The Kier molecular flexibility index (Phi) is 3.16. The number of ether oxygens (including phenoxy) is 2. The van der Waals surface area contributed by atoms with E-state index in [0.717, 1.165) is 5.33 Å². The fourth-order valence-corrected chi connectivity index (χ4v) is 1.34. The highest BCUT2D eigenvalue weighted by molar-refractivity contribution is 9.09. The summed E-state index contributed by atoms with van der Waals surface area (Å²) in [6, 6.07) is 0. The first kappa shape index (κ1) is 9.29. The largest absolute Gasteiger partial charge is 0.453 e. The first-order valence-electron chi connectivity index (χ1n) is 3.14. The fraction of sp³-hybridized carbons (Fsp3) is 0.833. The number of alkyl halides is 1. The molecule has 1 aliphatic rings. The fourth-order valence-electron chi connectivity index (χ4n) is 0.800. The molecule has 5 heteroatoms. The Hall–Kier alpha value is 0.200. The molecule has 1 heterocycles. The zero-order chi connectivity index (χ0) is 8.32. The lowest BCUT2D eigenvalue weighted by Gasteiger charge is -2.38. The maximum absolute atomic E-state index is 10.2. The normalized spacial score (nSPS) is 20.5. The van der Waals surface area contributed by atoms with Crippen molar-refractivity contribution in [1.29, 1.82) is 0 Å². The van der Waals surface area contributed by atoms with Crippen LogP contribution in [0.2, 0.25) is 0 Å². The van der Waals surface area contributed by atoms with Crippen LogP contribution in [0.15, 0.2) is 0 Å². The molecule has 0 aliphatic carbocycles. The molecule has 0 unspecified atom stereocenters. The predicted octanol–water partition coefficient (Wildman–Crippen LogP) is 1.77. The molecule has 0 spiro atoms. The number of halogens is 2. The minimum absolute atomic E-state index is 0.0372. The smallest absolute Gasteiger partial charge is 0.403 e. The SMILES string of the molecule is O=C(Cl)OCC1(CBr)COC1. The molecule has 64 valence electrons. The topological polar surface area (TPSA) is 35.5 Å². The second kappa shape index (κ2) is 3.74. The van der Waals surface area contributed by atoms with Crippen LogP contribution in [0.1, 0.15) is 0 Å². The van der Waals surface area contributed by atoms with Gasteiger partial charge in [-0.3, -0.25) is 0 Å². The number of carbonyl (C=O) groups excluding carboxylic acids is 1. The average Bonchev–Trinajstić information content (AvgIpc) is 1.86. The van der Waals surface area contributed by atoms with E-state index < -0.39 is 5.43 Å². The van der Waals surface area contributed by atoms with E-state index in [2.05, 4.69) is 20.7 Å². The van der Waals surface area contributed by atoms with E-state index >= 15 is 0 Å². The molecule has 0 radical (unpaired) electrons. The first-order valence-corrected chi connectivity index (χ1v) is 4.64. The second-order valence-corrected chi connectivity index (χ2v) is 3.52. The Labute approximate surface area is 78.1 Å². The zero-order valence-electron chi connectivity index (χ0n) is 5.81. The average molecular weight is 243 g/mol. The van der Waals surface area contributed by atoms with Crippen molar-refractivity contribution < 1.29 is 14.3 Å². The van der Waals surface area contributed by atoms with Crippen molar-refractivity contribution in [3.05, 3.63) is 0 Å². The maximum atomic E-state index is 10.2. The third-order valence-corrected chi connectivity index (χ3v) is 2.89. The zero-order valence-corrected chi connectivity index (χ0v) is 8.15. The van der Waals surface area contributed by atoms with Gasteiger partial charge in [-0.05, 0) is 0 Å². The molecule has 0 atom stereocenters. The van der Waals surface area contributed by atoms with Gasteiger partial charge in [0.05, 0.1) is 18.6 Å². The van der Waals surface area contributed by atoms with Crippen molar-refractivity contribution >= 4 is 33.0 Å². The molecule has 0 aromatic carbocycles. The van der Waals surface area contributed by atoms with Gasteiger partial charge in [-0.1, -0.05) is 15.9 Å². The quantitative estimate of drug-likeness (QED) is 0.560. The summed E-state index contributed by atoms with van der Waals surface area (Å²) < 4.78 is 9.65. The van der Waals surface area contributed by atoms with Gasteiger partial charge in [0.25, 0.3) is 0 Å². The van der Waals surface area contributed by atoms with Crippen molar-refractivity contribution in [3.63, 3.8) is 0 Å². The van der Waals surface area contributed by atoms with Crippen LogP contribution in [0.4, 0.5) is 4.79 Å². The number of hydrogen-bond donors (Lipinski definition) is 0. The summed E-state index contributed by atoms with van der Waals surface area (Å²) in [7, 11) is 0. The summed E-state index contributed by atoms with van der Waals surface area (Å²) in [5.74, 6) is 0. The summed E-state index contributed by atoms with van der Waals surface area (Å²) in [6.45, 7) is 1.59. The third kappa shape index (κ3) is 2.32. The molecule has 1 fully saturated rings. The molecule has 0 amide bonds. The summed E-state index contributed by atoms with van der Waals surface area (Å²) in [5, 5.41) is 0.768. The Morgan fingerprint density at radius 3 is 2.64 bits per heavy atom. The van der Waals surface area contributed by atoms with E-state index in [9.17, 15) is 4.79 Å². The molecule has 1 saturated heterocycles. The molecule has 3 nitrogen and oxygen atoms in total. The van der Waals surface area contributed by atoms with Crippen LogP contribution in [0, 0.1) is 5.41 Å². The third-order valence-electron chi connectivity index (χ3n) is 1.59. The standard InChI is InChI=1S/C6H8BrClO3/c7-1-6(2-10-3-6)4-11-5(8)9/h1-4H2. The van der Waals surface area contributed by atoms with Gasteiger partial charge in [0.2, 0.25) is 0 Å². The van der Waals surface area contributed by atoms with Crippen LogP contribution < -0.4 is 0 Å². The van der Waals surface area contributed by atoms with Crippen molar-refractivity contribution in [1.82, 2.24) is 0 Å². The summed E-state index contributed by atoms with van der Waals surface area (Å²) in [6.07, 6.45) is 0. The lowest BCUT2D eigenvalue weighted by atomic mass is 9.90. The van der Waals surface area contributed by atoms with Crippen molar-refractivity contribution in [2.45, 2.75) is 0 Å². The Morgan fingerprint density at radius 2 is 2.36 bits per heavy atom. The lowest BCUT2D eigenvalue weighted by molar-refractivity contribution is -0.120. The summed E-state index contributed by atoms with van der Waals surface area (Å²) in [5.41, 5.74) is -0.790. The first-order chi connectivity index (χ1) is 5.18. The van der Waals surface area contributed by atoms with E-state index in [1.807, 2.05) is 0 Å². The van der Waals surface area contributed by atoms with Gasteiger partial charge < -0.3 is 9.47 Å². The van der Waals surface area contributed by atoms with Gasteiger partial charge in [0, 0.05) is 16.9 Å². The maximum Gasteiger partial charge on any atom is 0.403 e. The number of hydrogen-bond acceptors (Lipinski definition) is 3. The molecular formula is C6H8BrClO3. The predicted molar refractivity (Wildman–Crippen MR) is 44.2 cm³/mol. The minimum Gasteiger partial charge on any atom is -0.453 e. The van der Waals surface area contributed by atoms with Gasteiger partial charge in [-0.15, -0.1) is 0 Å². The molecule has 1 rings (SSSR count). The van der Waals surface area contributed by atoms with E-state index in [1.165, 1.54) is 0 Å². The van der Waals surface area contributed by atoms with Crippen LogP contribution in [0.5, 0.6) is 0 Å². The second-order valence-electron chi connectivity index (χ2n) is 2.65. The molecule has 11 heavy (non-hydrogen) atoms. The number of carbonyl (C=O) groups is 1. The highest BCUT2D eigenvalue weighted by Gasteiger charge is 2.38. The minimum atomic E-state index is -0.753. The Bertz CT molecular complexity index is 152. The van der Waals surface area contributed by atoms with Crippen LogP contribution >= 0.6 is 27.5 Å². The molecule has 0 bridgehead atoms. The van der Waals surface area contributed by atoms with Crippen LogP contribution in [-0.2, 0) is 9.47 Å². The van der Waals surface area contributed by atoms with E-state index in [1.54, 1.807) is 0 Å². The Balaban J connectivity index is 2.27. The highest BCUT2D eigenvalue weighted by Crippen LogP contribution is 2.29. The van der Waals surface area contributed by atoms with Gasteiger partial charge in [-0.2, -0.15) is 0 Å². The van der Waals surface area contributed by atoms with Gasteiger partial charge in [-0.25, -0.2) is 4.79 Å². The Morgan fingerprint density at radius 1 is 1.73 bits per heavy atom. The van der Waals surface area contributed by atoms with Crippen molar-refractivity contribution in [2.75, 3.05) is 25.2 Å². The van der Waals surface area contributed by atoms with Gasteiger partial charge in [0.1, 0.15) is 6.61 Å². The number of rotatable bonds is 3. The van der Waals surface area contributed by atoms with Crippen molar-refractivity contribution in [2.24, 2.45) is 5.41 Å². The van der Waals surface area contributed by atoms with E-state index in [0.29, 0.717) is 19.8 Å². The van der Waals surface area contributed by atoms with Crippen LogP contribution in [0.25, 0.3) is 0 Å². The molecule has 0 saturated carbocycles. The summed E-state index contributed by atoms with van der Waals surface area (Å²) >= 11 is 8.32. The van der Waals surface area contributed by atoms with Gasteiger partial charge >= 0.3 is 5.43 Å². The monoisotopic (exact) mass is 242 g/mol. The van der Waals surface area contributed by atoms with E-state index in [-0.39, 0.29) is 5.41 Å². The van der Waals surface area contributed by atoms with E-state index in [4.69, 9.17) is 16.3 Å². The highest BCUT2D eigenvalue weighted by atomic mass is 79.9.